The summed E-state index contributed by atoms with van der Waals surface area (Å²) in [7, 11) is 1.70. The summed E-state index contributed by atoms with van der Waals surface area (Å²) in [5.41, 5.74) is 3.96. The number of aromatic nitrogens is 1. The van der Waals surface area contributed by atoms with Gasteiger partial charge in [-0.1, -0.05) is 63.2 Å². The minimum atomic E-state index is -2.64. The van der Waals surface area contributed by atoms with E-state index >= 15 is 0 Å². The Morgan fingerprint density at radius 1 is 1.08 bits per heavy atom. The highest BCUT2D eigenvalue weighted by Gasteiger charge is 2.26. The summed E-state index contributed by atoms with van der Waals surface area (Å²) in [5, 5.41) is 11.5. The molecule has 0 radical (unpaired) electrons. The maximum absolute atomic E-state index is 10.1. The molecule has 0 unspecified atom stereocenters. The van der Waals surface area contributed by atoms with Gasteiger partial charge >= 0.3 is 0 Å². The molecule has 3 heteroatoms. The molecule has 0 aliphatic heterocycles. The highest BCUT2D eigenvalue weighted by molar-refractivity contribution is 6.12. The third-order valence-electron chi connectivity index (χ3n) is 6.61. The molecule has 36 heavy (non-hydrogen) atoms. The van der Waals surface area contributed by atoms with Crippen molar-refractivity contribution >= 4 is 21.9 Å². The minimum Gasteiger partial charge on any atom is -0.455 e. The fourth-order valence-electron chi connectivity index (χ4n) is 4.73. The number of hydrogen-bond donors (Lipinski definition) is 0. The first kappa shape index (κ1) is 17.5. The average Bonchev–Trinajstić information content (AvgIpc) is 3.28. The molecule has 2 heterocycles. The van der Waals surface area contributed by atoms with Gasteiger partial charge in [0, 0.05) is 36.2 Å². The van der Waals surface area contributed by atoms with Gasteiger partial charge in [-0.15, -0.1) is 0 Å². The molecule has 0 amide bonds. The van der Waals surface area contributed by atoms with Crippen LogP contribution in [0.4, 0.5) is 0 Å². The number of benzene rings is 3. The molecule has 0 saturated carbocycles. The van der Waals surface area contributed by atoms with Crippen LogP contribution in [-0.4, -0.2) is 0 Å². The number of pyridine rings is 1. The Hall–Kier alpha value is -3.90. The van der Waals surface area contributed by atoms with Gasteiger partial charge in [0.15, 0.2) is 5.69 Å². The Morgan fingerprint density at radius 2 is 1.83 bits per heavy atom. The molecule has 3 nitrogen and oxygen atoms in total. The summed E-state index contributed by atoms with van der Waals surface area (Å²) in [4.78, 5) is 0. The molecule has 2 aromatic heterocycles. The van der Waals surface area contributed by atoms with Crippen LogP contribution >= 0.6 is 0 Å². The zero-order valence-corrected chi connectivity index (χ0v) is 21.5. The van der Waals surface area contributed by atoms with E-state index in [1.54, 1.807) is 39.3 Å². The number of fused-ring (bicyclic) bond motifs is 3. The topological polar surface area (TPSA) is 40.8 Å². The summed E-state index contributed by atoms with van der Waals surface area (Å²) in [5.74, 6) is 0. The lowest BCUT2D eigenvalue weighted by Crippen LogP contribution is -2.36. The maximum atomic E-state index is 10.1. The van der Waals surface area contributed by atoms with E-state index in [0.717, 1.165) is 16.7 Å². The molecule has 0 bridgehead atoms. The van der Waals surface area contributed by atoms with Gasteiger partial charge in [-0.25, -0.2) is 0 Å². The zero-order chi connectivity index (χ0) is 30.9. The van der Waals surface area contributed by atoms with Gasteiger partial charge in [0.05, 0.1) is 18.6 Å². The summed E-state index contributed by atoms with van der Waals surface area (Å²) >= 11 is 0. The van der Waals surface area contributed by atoms with Gasteiger partial charge in [0.1, 0.15) is 18.2 Å². The van der Waals surface area contributed by atoms with Gasteiger partial charge in [-0.05, 0) is 60.0 Å². The highest BCUT2D eigenvalue weighted by Crippen LogP contribution is 2.40. The molecule has 3 aromatic carbocycles. The standard InChI is InChI=1S/C33H33N2O/c1-20-13-14-27-31-26(19-34)15-24(23-11-9-8-10-12-23)17-29(31)36-32(27)30(20)28-16-25(18-33(4,5)6)21(2)22(3)35(28)7/h8-17H,18H2,1-7H3/q+1/i2D3,16D,18D2. The molecule has 0 saturated heterocycles. The number of aryl methyl sites for hydroxylation is 1. The first-order chi connectivity index (χ1) is 19.5. The van der Waals surface area contributed by atoms with Crippen molar-refractivity contribution < 1.29 is 17.2 Å². The van der Waals surface area contributed by atoms with Crippen molar-refractivity contribution in [2.75, 3.05) is 0 Å². The fraction of sp³-hybridized carbons (Fsp3) is 0.273. The molecule has 0 aliphatic carbocycles. The fourth-order valence-corrected chi connectivity index (χ4v) is 4.73. The van der Waals surface area contributed by atoms with Crippen molar-refractivity contribution in [1.82, 2.24) is 0 Å². The molecule has 0 N–H and O–H groups in total. The van der Waals surface area contributed by atoms with Crippen LogP contribution in [0, 0.1) is 37.4 Å². The van der Waals surface area contributed by atoms with Crippen molar-refractivity contribution in [2.45, 2.75) is 47.8 Å². The molecule has 0 spiro atoms. The van der Waals surface area contributed by atoms with E-state index in [4.69, 9.17) is 11.3 Å². The first-order valence-corrected chi connectivity index (χ1v) is 12.0. The lowest BCUT2D eigenvalue weighted by atomic mass is 9.85. The first-order valence-electron chi connectivity index (χ1n) is 15.0. The van der Waals surface area contributed by atoms with Crippen LogP contribution in [0.5, 0.6) is 0 Å². The number of hydrogen-bond acceptors (Lipinski definition) is 2. The Balaban J connectivity index is 1.94. The second kappa shape index (κ2) is 8.64. The van der Waals surface area contributed by atoms with Crippen molar-refractivity contribution in [3.63, 3.8) is 0 Å². The van der Waals surface area contributed by atoms with Crippen molar-refractivity contribution in [3.8, 4) is 28.5 Å². The molecule has 5 aromatic rings. The highest BCUT2D eigenvalue weighted by atomic mass is 16.3. The molecule has 0 aliphatic rings. The van der Waals surface area contributed by atoms with Gasteiger partial charge in [-0.2, -0.15) is 9.83 Å². The Morgan fingerprint density at radius 3 is 2.50 bits per heavy atom. The average molecular weight is 480 g/mol. The molecule has 180 valence electrons. The van der Waals surface area contributed by atoms with Gasteiger partial charge in [-0.3, -0.25) is 0 Å². The summed E-state index contributed by atoms with van der Waals surface area (Å²) in [6, 6.07) is 19.4. The molecule has 0 atom stereocenters. The summed E-state index contributed by atoms with van der Waals surface area (Å²) in [6.07, 6.45) is -2.14. The molecule has 5 rings (SSSR count). The van der Waals surface area contributed by atoms with Crippen LogP contribution in [0.2, 0.25) is 0 Å². The van der Waals surface area contributed by atoms with E-state index in [9.17, 15) is 6.63 Å². The van der Waals surface area contributed by atoms with Crippen LogP contribution in [0.15, 0.2) is 65.1 Å². The third-order valence-corrected chi connectivity index (χ3v) is 6.61. The summed E-state index contributed by atoms with van der Waals surface area (Å²) in [6.45, 7) is 6.01. The van der Waals surface area contributed by atoms with Crippen LogP contribution < -0.4 is 4.57 Å². The SMILES string of the molecule is [2H]c1c(C([2H])([2H])C(C)(C)C)c(C([2H])([2H])[2H])c(C)[n+](C)c1-c1c(C)ccc2c1oc1cc(-c3ccccc3)cc(C#N)c12. The number of rotatable bonds is 3. The van der Waals surface area contributed by atoms with E-state index in [2.05, 4.69) is 6.07 Å². The Kier molecular flexibility index (Phi) is 4.21. The van der Waals surface area contributed by atoms with E-state index in [0.29, 0.717) is 44.5 Å². The largest absolute Gasteiger partial charge is 0.455 e. The van der Waals surface area contributed by atoms with Gasteiger partial charge in [0.25, 0.3) is 0 Å². The van der Waals surface area contributed by atoms with Crippen LogP contribution in [0.25, 0.3) is 44.3 Å². The van der Waals surface area contributed by atoms with Crippen LogP contribution in [0.1, 0.15) is 56.9 Å². The maximum Gasteiger partial charge on any atom is 0.216 e. The smallest absolute Gasteiger partial charge is 0.216 e. The zero-order valence-electron chi connectivity index (χ0n) is 27.5. The van der Waals surface area contributed by atoms with E-state index < -0.39 is 18.6 Å². The normalized spacial score (nSPS) is 15.0. The van der Waals surface area contributed by atoms with Gasteiger partial charge < -0.3 is 4.42 Å². The number of nitriles is 1. The second-order valence-corrected chi connectivity index (χ2v) is 10.4. The predicted octanol–water partition coefficient (Wildman–Crippen LogP) is 8.13. The van der Waals surface area contributed by atoms with Crippen molar-refractivity contribution in [3.05, 3.63) is 88.6 Å². The molecular formula is C33H33N2O+. The lowest BCUT2D eigenvalue weighted by Gasteiger charge is -2.20. The summed E-state index contributed by atoms with van der Waals surface area (Å²) < 4.78 is 60.7. The van der Waals surface area contributed by atoms with Crippen molar-refractivity contribution in [1.29, 1.82) is 5.26 Å². The van der Waals surface area contributed by atoms with E-state index in [1.807, 2.05) is 61.5 Å². The molecule has 0 fully saturated rings. The second-order valence-electron chi connectivity index (χ2n) is 10.4. The predicted molar refractivity (Wildman–Crippen MR) is 148 cm³/mol. The van der Waals surface area contributed by atoms with Crippen LogP contribution in [0.3, 0.4) is 0 Å². The monoisotopic (exact) mass is 479 g/mol. The van der Waals surface area contributed by atoms with Crippen LogP contribution in [-0.2, 0) is 13.4 Å². The Labute approximate surface area is 222 Å². The van der Waals surface area contributed by atoms with Crippen molar-refractivity contribution in [2.24, 2.45) is 12.5 Å². The Bertz CT molecular complexity index is 1920. The lowest BCUT2D eigenvalue weighted by molar-refractivity contribution is -0.667. The quantitative estimate of drug-likeness (QED) is 0.245. The number of furan rings is 1. The van der Waals surface area contributed by atoms with E-state index in [1.165, 1.54) is 0 Å². The minimum absolute atomic E-state index is 0.141. The molecular weight excluding hydrogens is 440 g/mol. The number of nitrogens with zero attached hydrogens (tertiary/aromatic N) is 2. The van der Waals surface area contributed by atoms with E-state index in [-0.39, 0.29) is 17.2 Å². The third kappa shape index (κ3) is 3.97. The van der Waals surface area contributed by atoms with Gasteiger partial charge in [0.2, 0.25) is 5.69 Å².